The Morgan fingerprint density at radius 1 is 1.15 bits per heavy atom. The second kappa shape index (κ2) is 11.4. The Labute approximate surface area is 211 Å². The number of piperidine rings is 2. The third-order valence-electron chi connectivity index (χ3n) is 8.18. The van der Waals surface area contributed by atoms with Gasteiger partial charge in [-0.3, -0.25) is 15.0 Å². The summed E-state index contributed by atoms with van der Waals surface area (Å²) < 4.78 is 0. The van der Waals surface area contributed by atoms with Crippen LogP contribution in [0.25, 0.3) is 0 Å². The molecule has 3 heterocycles. The first-order valence-electron chi connectivity index (χ1n) is 13.4. The molecule has 1 amide bonds. The van der Waals surface area contributed by atoms with Crippen molar-refractivity contribution in [2.45, 2.75) is 83.6 Å². The number of hydrogen-bond acceptors (Lipinski definition) is 4. The minimum atomic E-state index is -0.228. The fourth-order valence-corrected chi connectivity index (χ4v) is 6.20. The fourth-order valence-electron chi connectivity index (χ4n) is 5.92. The molecule has 1 aromatic carbocycles. The lowest BCUT2D eigenvalue weighted by Gasteiger charge is -2.49. The number of thiocarbonyl (C=S) groups is 1. The molecule has 7 heteroatoms. The number of nitrogens with one attached hydrogen (secondary N) is 2. The molecular weight excluding hydrogens is 442 g/mol. The van der Waals surface area contributed by atoms with Crippen molar-refractivity contribution in [2.75, 3.05) is 32.7 Å². The van der Waals surface area contributed by atoms with E-state index in [4.69, 9.17) is 12.2 Å². The van der Waals surface area contributed by atoms with Crippen molar-refractivity contribution >= 4 is 23.2 Å². The summed E-state index contributed by atoms with van der Waals surface area (Å²) in [4.78, 5) is 20.9. The van der Waals surface area contributed by atoms with Gasteiger partial charge in [-0.2, -0.15) is 0 Å². The Bertz CT molecular complexity index is 818. The smallest absolute Gasteiger partial charge is 0.241 e. The first-order valence-corrected chi connectivity index (χ1v) is 13.8. The maximum atomic E-state index is 13.8. The highest BCUT2D eigenvalue weighted by Crippen LogP contribution is 2.38. The van der Waals surface area contributed by atoms with Crippen LogP contribution in [-0.4, -0.2) is 76.2 Å². The van der Waals surface area contributed by atoms with E-state index in [0.29, 0.717) is 17.9 Å². The predicted molar refractivity (Wildman–Crippen MR) is 142 cm³/mol. The van der Waals surface area contributed by atoms with Crippen molar-refractivity contribution in [3.05, 3.63) is 35.9 Å². The zero-order valence-corrected chi connectivity index (χ0v) is 22.1. The van der Waals surface area contributed by atoms with E-state index in [1.54, 1.807) is 0 Å². The molecule has 1 aromatic rings. The minimum Gasteiger partial charge on any atom is -0.363 e. The summed E-state index contributed by atoms with van der Waals surface area (Å²) >= 11 is 5.64. The van der Waals surface area contributed by atoms with Gasteiger partial charge in [-0.25, -0.2) is 0 Å². The van der Waals surface area contributed by atoms with Crippen LogP contribution in [0.1, 0.15) is 64.9 Å². The number of carbonyl (C=O) groups excluding carboxylic acids is 1. The van der Waals surface area contributed by atoms with Gasteiger partial charge in [0.25, 0.3) is 0 Å². The van der Waals surface area contributed by atoms with Gasteiger partial charge in [-0.05, 0) is 43.0 Å². The van der Waals surface area contributed by atoms with Crippen molar-refractivity contribution in [3.8, 4) is 0 Å². The molecule has 4 rings (SSSR count). The summed E-state index contributed by atoms with van der Waals surface area (Å²) in [5, 5.41) is 8.12. The average Bonchev–Trinajstić information content (AvgIpc) is 3.15. The predicted octanol–water partition coefficient (Wildman–Crippen LogP) is 3.57. The molecule has 0 unspecified atom stereocenters. The van der Waals surface area contributed by atoms with Gasteiger partial charge >= 0.3 is 0 Å². The molecule has 0 aromatic heterocycles. The second-order valence-corrected chi connectivity index (χ2v) is 10.8. The largest absolute Gasteiger partial charge is 0.363 e. The summed E-state index contributed by atoms with van der Waals surface area (Å²) in [6.45, 7) is 12.4. The number of amides is 1. The molecule has 188 valence electrons. The van der Waals surface area contributed by atoms with Crippen LogP contribution in [0.5, 0.6) is 0 Å². The lowest BCUT2D eigenvalue weighted by Crippen LogP contribution is -2.63. The Kier molecular flexibility index (Phi) is 8.48. The van der Waals surface area contributed by atoms with Gasteiger partial charge in [0.1, 0.15) is 0 Å². The molecule has 3 fully saturated rings. The van der Waals surface area contributed by atoms with E-state index in [9.17, 15) is 4.79 Å². The van der Waals surface area contributed by atoms with Crippen molar-refractivity contribution in [1.29, 1.82) is 0 Å². The van der Waals surface area contributed by atoms with Crippen molar-refractivity contribution < 1.29 is 4.79 Å². The summed E-state index contributed by atoms with van der Waals surface area (Å²) in [5.74, 6) is 0.675. The van der Waals surface area contributed by atoms with Crippen molar-refractivity contribution in [2.24, 2.45) is 5.92 Å². The number of rotatable bonds is 7. The van der Waals surface area contributed by atoms with Crippen LogP contribution >= 0.6 is 12.2 Å². The first kappa shape index (κ1) is 25.4. The summed E-state index contributed by atoms with van der Waals surface area (Å²) in [6.07, 6.45) is 6.06. The van der Waals surface area contributed by atoms with E-state index in [2.05, 4.69) is 76.4 Å². The third-order valence-corrected chi connectivity index (χ3v) is 8.58. The molecular formula is C27H43N5OS. The average molecular weight is 486 g/mol. The molecule has 0 saturated carbocycles. The second-order valence-electron chi connectivity index (χ2n) is 10.5. The Morgan fingerprint density at radius 3 is 2.44 bits per heavy atom. The van der Waals surface area contributed by atoms with Crippen LogP contribution in [0.3, 0.4) is 0 Å². The van der Waals surface area contributed by atoms with Crippen LogP contribution < -0.4 is 10.6 Å². The molecule has 3 aliphatic heterocycles. The SMILES string of the molecule is CCCNC(=S)N1CCC2(CC1)N[C@H]([C@H](C)CC)C(=O)N2C1CCN(Cc2ccccc2)CC1. The molecule has 34 heavy (non-hydrogen) atoms. The van der Waals surface area contributed by atoms with E-state index < -0.39 is 0 Å². The highest BCUT2D eigenvalue weighted by atomic mass is 32.1. The molecule has 0 radical (unpaired) electrons. The van der Waals surface area contributed by atoms with Crippen LogP contribution in [0.4, 0.5) is 0 Å². The Hall–Kier alpha value is -1.70. The van der Waals surface area contributed by atoms with Gasteiger partial charge in [0.05, 0.1) is 11.7 Å². The molecule has 6 nitrogen and oxygen atoms in total. The van der Waals surface area contributed by atoms with Crippen LogP contribution in [0.2, 0.25) is 0 Å². The molecule has 3 saturated heterocycles. The zero-order chi connectivity index (χ0) is 24.1. The lowest BCUT2D eigenvalue weighted by atomic mass is 9.92. The quantitative estimate of drug-likeness (QED) is 0.576. The van der Waals surface area contributed by atoms with E-state index in [0.717, 1.165) is 82.9 Å². The maximum absolute atomic E-state index is 13.8. The lowest BCUT2D eigenvalue weighted by molar-refractivity contribution is -0.138. The first-order chi connectivity index (χ1) is 16.5. The molecule has 0 aliphatic carbocycles. The number of likely N-dealkylation sites (tertiary alicyclic amines) is 2. The highest BCUT2D eigenvalue weighted by Gasteiger charge is 2.55. The third kappa shape index (κ3) is 5.42. The van der Waals surface area contributed by atoms with E-state index in [1.165, 1.54) is 5.56 Å². The van der Waals surface area contributed by atoms with Gasteiger partial charge in [-0.15, -0.1) is 0 Å². The maximum Gasteiger partial charge on any atom is 0.241 e. The molecule has 1 spiro atoms. The number of carbonyl (C=O) groups is 1. The van der Waals surface area contributed by atoms with Crippen molar-refractivity contribution in [1.82, 2.24) is 25.3 Å². The highest BCUT2D eigenvalue weighted by molar-refractivity contribution is 7.80. The van der Waals surface area contributed by atoms with Gasteiger partial charge in [0.2, 0.25) is 5.91 Å². The normalized spacial score (nSPS) is 24.6. The Morgan fingerprint density at radius 2 is 1.82 bits per heavy atom. The molecule has 0 bridgehead atoms. The molecule has 3 aliphatic rings. The van der Waals surface area contributed by atoms with Gasteiger partial charge < -0.3 is 15.1 Å². The summed E-state index contributed by atoms with van der Waals surface area (Å²) in [7, 11) is 0. The topological polar surface area (TPSA) is 50.9 Å². The fraction of sp³-hybridized carbons (Fsp3) is 0.704. The molecule has 2 atom stereocenters. The number of benzene rings is 1. The number of nitrogens with zero attached hydrogens (tertiary/aromatic N) is 3. The van der Waals surface area contributed by atoms with E-state index >= 15 is 0 Å². The van der Waals surface area contributed by atoms with Crippen LogP contribution in [-0.2, 0) is 11.3 Å². The summed E-state index contributed by atoms with van der Waals surface area (Å²) in [5.41, 5.74) is 1.14. The summed E-state index contributed by atoms with van der Waals surface area (Å²) in [6, 6.07) is 11.0. The molecule has 2 N–H and O–H groups in total. The zero-order valence-electron chi connectivity index (χ0n) is 21.3. The van der Waals surface area contributed by atoms with Crippen LogP contribution in [0.15, 0.2) is 30.3 Å². The monoisotopic (exact) mass is 485 g/mol. The van der Waals surface area contributed by atoms with Crippen LogP contribution in [0, 0.1) is 5.92 Å². The van der Waals surface area contributed by atoms with E-state index in [1.807, 2.05) is 0 Å². The standard InChI is InChI=1S/C27H43N5OS/c1-4-15-28-26(34)31-18-13-27(14-19-31)29-24(21(3)5-2)25(33)32(27)23-11-16-30(17-12-23)20-22-9-7-6-8-10-22/h6-10,21,23-24,29H,4-5,11-20H2,1-3H3,(H,28,34)/t21-,24-/m1/s1. The minimum absolute atomic E-state index is 0.0657. The van der Waals surface area contributed by atoms with Gasteiger partial charge in [0.15, 0.2) is 5.11 Å². The van der Waals surface area contributed by atoms with E-state index in [-0.39, 0.29) is 11.7 Å². The Balaban J connectivity index is 1.43. The number of hydrogen-bond donors (Lipinski definition) is 2. The van der Waals surface area contributed by atoms with Crippen molar-refractivity contribution in [3.63, 3.8) is 0 Å². The van der Waals surface area contributed by atoms with Gasteiger partial charge in [-0.1, -0.05) is 57.5 Å². The van der Waals surface area contributed by atoms with Gasteiger partial charge in [0, 0.05) is 58.2 Å².